The van der Waals surface area contributed by atoms with Crippen LogP contribution in [0, 0.1) is 0 Å². The fourth-order valence-corrected chi connectivity index (χ4v) is 4.73. The van der Waals surface area contributed by atoms with Crippen LogP contribution in [0.2, 0.25) is 0 Å². The summed E-state index contributed by atoms with van der Waals surface area (Å²) < 4.78 is 0. The molecule has 2 unspecified atom stereocenters. The molecule has 4 rings (SSSR count). The Balaban J connectivity index is 1.90. The van der Waals surface area contributed by atoms with Gasteiger partial charge in [-0.25, -0.2) is 9.59 Å². The molecule has 8 heteroatoms. The first-order valence-electron chi connectivity index (χ1n) is 11.3. The quantitative estimate of drug-likeness (QED) is 0.217. The highest BCUT2D eigenvalue weighted by Crippen LogP contribution is 2.33. The van der Waals surface area contributed by atoms with E-state index in [1.54, 1.807) is 0 Å². The number of hydrogen-bond donors (Lipinski definition) is 3. The Morgan fingerprint density at radius 2 is 1.71 bits per heavy atom. The first-order chi connectivity index (χ1) is 16.9. The molecule has 0 spiro atoms. The molecule has 3 aromatic rings. The highest BCUT2D eigenvalue weighted by Gasteiger charge is 2.38. The molecule has 0 radical (unpaired) electrons. The van der Waals surface area contributed by atoms with Gasteiger partial charge in [-0.3, -0.25) is 0 Å². The fourth-order valence-electron chi connectivity index (χ4n) is 4.73. The van der Waals surface area contributed by atoms with Crippen LogP contribution in [0.25, 0.3) is 21.9 Å². The van der Waals surface area contributed by atoms with Crippen molar-refractivity contribution < 1.29 is 24.6 Å². The molecule has 0 amide bonds. The largest absolute Gasteiger partial charge is 0.478 e. The number of nitrogens with zero attached hydrogens (tertiary/aromatic N) is 2. The van der Waals surface area contributed by atoms with E-state index in [9.17, 15) is 19.8 Å². The zero-order valence-electron chi connectivity index (χ0n) is 19.5. The van der Waals surface area contributed by atoms with Gasteiger partial charge in [0.15, 0.2) is 5.84 Å². The van der Waals surface area contributed by atoms with Crippen molar-refractivity contribution in [1.29, 1.82) is 0 Å². The average molecular weight is 474 g/mol. The van der Waals surface area contributed by atoms with Crippen molar-refractivity contribution in [1.82, 2.24) is 10.2 Å². The van der Waals surface area contributed by atoms with Gasteiger partial charge in [0.2, 0.25) is 0 Å². The van der Waals surface area contributed by atoms with E-state index < -0.39 is 18.0 Å². The van der Waals surface area contributed by atoms with Crippen molar-refractivity contribution >= 4 is 28.5 Å². The smallest absolute Gasteiger partial charge is 0.334 e. The number of carboxylic acid groups (broad SMARTS) is 2. The number of nitrogens with one attached hydrogen (secondary N) is 1. The average Bonchev–Trinajstić information content (AvgIpc) is 2.85. The van der Waals surface area contributed by atoms with Gasteiger partial charge in [-0.05, 0) is 28.8 Å². The Labute approximate surface area is 203 Å². The minimum absolute atomic E-state index is 0.233. The molecule has 0 aliphatic carbocycles. The van der Waals surface area contributed by atoms with E-state index in [0.29, 0.717) is 18.9 Å². The van der Waals surface area contributed by atoms with Crippen molar-refractivity contribution in [2.75, 3.05) is 20.2 Å². The van der Waals surface area contributed by atoms with Crippen LogP contribution in [-0.2, 0) is 14.4 Å². The number of carboxylic acids is 2. The third kappa shape index (κ3) is 4.88. The number of hydrogen-bond acceptors (Lipinski definition) is 5. The Kier molecular flexibility index (Phi) is 7.12. The number of carbonyl (C=O) groups is 2. The molecular formula is C27H27N3O5. The molecule has 1 aliphatic heterocycles. The number of oxime groups is 1. The zero-order chi connectivity index (χ0) is 24.9. The summed E-state index contributed by atoms with van der Waals surface area (Å²) in [7, 11) is 1.44. The maximum atomic E-state index is 12.1. The van der Waals surface area contributed by atoms with Crippen molar-refractivity contribution in [3.05, 3.63) is 83.9 Å². The van der Waals surface area contributed by atoms with Crippen molar-refractivity contribution in [3.63, 3.8) is 0 Å². The fraction of sp³-hybridized carbons (Fsp3) is 0.222. The van der Waals surface area contributed by atoms with Crippen molar-refractivity contribution in [2.24, 2.45) is 5.16 Å². The van der Waals surface area contributed by atoms with Gasteiger partial charge in [0.1, 0.15) is 7.11 Å². The topological polar surface area (TPSA) is 111 Å². The summed E-state index contributed by atoms with van der Waals surface area (Å²) in [5.74, 6) is -2.18. The molecule has 2 atom stereocenters. The number of rotatable bonds is 6. The van der Waals surface area contributed by atoms with E-state index in [-0.39, 0.29) is 11.6 Å². The SMILES string of the molecule is CO/N=C(\c1ccccc1-c1cccc2ccccc12)N1CCNC(C)C1/C(=C/C(=O)O)C(=O)O. The second-order valence-corrected chi connectivity index (χ2v) is 8.29. The number of amidine groups is 1. The number of benzene rings is 3. The lowest BCUT2D eigenvalue weighted by Crippen LogP contribution is -2.60. The van der Waals surface area contributed by atoms with Gasteiger partial charge in [-0.1, -0.05) is 71.9 Å². The standard InChI is InChI=1S/C27H27N3O5/c1-17-25(23(27(33)34)16-24(31)32)30(15-14-28-17)26(29-35-2)22-12-6-5-11-21(22)20-13-7-9-18-8-3-4-10-19(18)20/h3-13,16-17,25,28H,14-15H2,1-2H3,(H,31,32)(H,33,34)/b23-16-,29-26+. The molecule has 3 N–H and O–H groups in total. The lowest BCUT2D eigenvalue weighted by atomic mass is 9.91. The van der Waals surface area contributed by atoms with E-state index in [0.717, 1.165) is 33.5 Å². The molecule has 8 nitrogen and oxygen atoms in total. The molecule has 1 saturated heterocycles. The molecule has 1 fully saturated rings. The number of piperazine rings is 1. The highest BCUT2D eigenvalue weighted by atomic mass is 16.6. The van der Waals surface area contributed by atoms with Gasteiger partial charge in [-0.15, -0.1) is 0 Å². The number of aliphatic carboxylic acids is 2. The van der Waals surface area contributed by atoms with E-state index >= 15 is 0 Å². The minimum Gasteiger partial charge on any atom is -0.478 e. The maximum Gasteiger partial charge on any atom is 0.334 e. The van der Waals surface area contributed by atoms with Gasteiger partial charge in [0, 0.05) is 30.8 Å². The van der Waals surface area contributed by atoms with E-state index in [4.69, 9.17) is 4.84 Å². The monoisotopic (exact) mass is 473 g/mol. The van der Waals surface area contributed by atoms with Crippen LogP contribution in [0.1, 0.15) is 12.5 Å². The zero-order valence-corrected chi connectivity index (χ0v) is 19.5. The van der Waals surface area contributed by atoms with E-state index in [2.05, 4.69) is 28.7 Å². The van der Waals surface area contributed by atoms with Gasteiger partial charge in [-0.2, -0.15) is 0 Å². The van der Waals surface area contributed by atoms with Crippen LogP contribution in [0.15, 0.2) is 83.5 Å². The first-order valence-corrected chi connectivity index (χ1v) is 11.3. The van der Waals surface area contributed by atoms with Crippen LogP contribution < -0.4 is 5.32 Å². The molecular weight excluding hydrogens is 446 g/mol. The Morgan fingerprint density at radius 1 is 1.03 bits per heavy atom. The lowest BCUT2D eigenvalue weighted by molar-refractivity contribution is -0.135. The normalized spacial score (nSPS) is 19.0. The van der Waals surface area contributed by atoms with Gasteiger partial charge in [0.05, 0.1) is 11.6 Å². The van der Waals surface area contributed by atoms with Crippen LogP contribution in [-0.4, -0.2) is 65.2 Å². The van der Waals surface area contributed by atoms with Gasteiger partial charge < -0.3 is 25.3 Å². The van der Waals surface area contributed by atoms with Crippen molar-refractivity contribution in [3.8, 4) is 11.1 Å². The summed E-state index contributed by atoms with van der Waals surface area (Å²) in [5.41, 5.74) is 2.43. The second-order valence-electron chi connectivity index (χ2n) is 8.29. The van der Waals surface area contributed by atoms with Gasteiger partial charge in [0.25, 0.3) is 0 Å². The van der Waals surface area contributed by atoms with Crippen LogP contribution in [0.3, 0.4) is 0 Å². The molecule has 1 aliphatic rings. The van der Waals surface area contributed by atoms with E-state index in [1.165, 1.54) is 7.11 Å². The molecule has 0 bridgehead atoms. The Bertz CT molecular complexity index is 1310. The predicted molar refractivity (Wildman–Crippen MR) is 134 cm³/mol. The van der Waals surface area contributed by atoms with Crippen molar-refractivity contribution in [2.45, 2.75) is 19.0 Å². The first kappa shape index (κ1) is 24.0. The summed E-state index contributed by atoms with van der Waals surface area (Å²) in [6.07, 6.45) is 0.754. The third-order valence-corrected chi connectivity index (χ3v) is 6.17. The summed E-state index contributed by atoms with van der Waals surface area (Å²) in [4.78, 5) is 30.6. The Morgan fingerprint density at radius 3 is 2.46 bits per heavy atom. The minimum atomic E-state index is -1.32. The molecule has 35 heavy (non-hydrogen) atoms. The van der Waals surface area contributed by atoms with Gasteiger partial charge >= 0.3 is 11.9 Å². The Hall–Kier alpha value is -4.17. The molecule has 3 aromatic carbocycles. The summed E-state index contributed by atoms with van der Waals surface area (Å²) in [5, 5.41) is 29.0. The summed E-state index contributed by atoms with van der Waals surface area (Å²) in [6.45, 7) is 2.80. The lowest BCUT2D eigenvalue weighted by Gasteiger charge is -2.42. The maximum absolute atomic E-state index is 12.1. The van der Waals surface area contributed by atoms with Crippen LogP contribution >= 0.6 is 0 Å². The summed E-state index contributed by atoms with van der Waals surface area (Å²) in [6, 6.07) is 20.8. The number of fused-ring (bicyclic) bond motifs is 1. The molecule has 1 heterocycles. The third-order valence-electron chi connectivity index (χ3n) is 6.17. The van der Waals surface area contributed by atoms with E-state index in [1.807, 2.05) is 60.4 Å². The highest BCUT2D eigenvalue weighted by molar-refractivity contribution is 6.09. The van der Waals surface area contributed by atoms with Crippen LogP contribution in [0.4, 0.5) is 0 Å². The summed E-state index contributed by atoms with van der Waals surface area (Å²) >= 11 is 0. The molecule has 0 aromatic heterocycles. The predicted octanol–water partition coefficient (Wildman–Crippen LogP) is 3.57. The van der Waals surface area contributed by atoms with Crippen LogP contribution in [0.5, 0.6) is 0 Å². The molecule has 0 saturated carbocycles. The molecule has 180 valence electrons. The second kappa shape index (κ2) is 10.4.